The van der Waals surface area contributed by atoms with Gasteiger partial charge in [0.15, 0.2) is 0 Å². The first kappa shape index (κ1) is 9.31. The Morgan fingerprint density at radius 2 is 2.62 bits per heavy atom. The van der Waals surface area contributed by atoms with E-state index in [1.54, 1.807) is 18.3 Å². The van der Waals surface area contributed by atoms with E-state index in [1.165, 1.54) is 7.11 Å². The van der Waals surface area contributed by atoms with Gasteiger partial charge in [-0.3, -0.25) is 9.89 Å². The lowest BCUT2D eigenvalue weighted by Crippen LogP contribution is -1.96. The molecule has 0 amide bonds. The van der Waals surface area contributed by atoms with Crippen LogP contribution in [0.15, 0.2) is 12.3 Å². The number of nitrogens with zero attached hydrogens (tertiary/aromatic N) is 1. The zero-order chi connectivity index (χ0) is 9.68. The largest absolute Gasteiger partial charge is 0.469 e. The van der Waals surface area contributed by atoms with Crippen LogP contribution in [0.1, 0.15) is 12.0 Å². The maximum atomic E-state index is 10.7. The van der Waals surface area contributed by atoms with Gasteiger partial charge in [0.25, 0.3) is 0 Å². The van der Waals surface area contributed by atoms with E-state index in [0.717, 1.165) is 5.56 Å². The standard InChI is InChI=1S/C8H11N3O2/c1-13-7(12)4-2-3-6-5-10-11-8(6)9/h2-3,5H,4H2,1H3,(H3,9,10,11). The molecule has 1 aromatic heterocycles. The van der Waals surface area contributed by atoms with Crippen molar-refractivity contribution in [2.45, 2.75) is 6.42 Å². The zero-order valence-corrected chi connectivity index (χ0v) is 7.28. The molecule has 0 radical (unpaired) electrons. The van der Waals surface area contributed by atoms with Crippen molar-refractivity contribution in [1.29, 1.82) is 0 Å². The number of carbonyl (C=O) groups is 1. The summed E-state index contributed by atoms with van der Waals surface area (Å²) in [5.74, 6) is 0.208. The van der Waals surface area contributed by atoms with Gasteiger partial charge in [-0.15, -0.1) is 0 Å². The fourth-order valence-electron chi connectivity index (χ4n) is 0.804. The number of hydrogen-bond donors (Lipinski definition) is 2. The van der Waals surface area contributed by atoms with Crippen LogP contribution in [0.5, 0.6) is 0 Å². The quantitative estimate of drug-likeness (QED) is 0.668. The molecule has 0 spiro atoms. The Bertz CT molecular complexity index is 317. The maximum absolute atomic E-state index is 10.7. The zero-order valence-electron chi connectivity index (χ0n) is 7.28. The number of nitrogens with one attached hydrogen (secondary N) is 1. The molecule has 0 aliphatic rings. The highest BCUT2D eigenvalue weighted by atomic mass is 16.5. The molecule has 5 heteroatoms. The lowest BCUT2D eigenvalue weighted by Gasteiger charge is -1.91. The van der Waals surface area contributed by atoms with Crippen LogP contribution in [0.25, 0.3) is 6.08 Å². The second-order valence-electron chi connectivity index (χ2n) is 2.42. The van der Waals surface area contributed by atoms with Gasteiger partial charge in [-0.2, -0.15) is 5.10 Å². The highest BCUT2D eigenvalue weighted by Crippen LogP contribution is 2.08. The van der Waals surface area contributed by atoms with Crippen LogP contribution in [0.3, 0.4) is 0 Å². The second kappa shape index (κ2) is 4.30. The van der Waals surface area contributed by atoms with Gasteiger partial charge in [-0.05, 0) is 0 Å². The third-order valence-electron chi connectivity index (χ3n) is 1.51. The van der Waals surface area contributed by atoms with Crippen LogP contribution < -0.4 is 5.73 Å². The molecule has 5 nitrogen and oxygen atoms in total. The monoisotopic (exact) mass is 181 g/mol. The molecule has 0 aliphatic carbocycles. The third kappa shape index (κ3) is 2.62. The molecule has 3 N–H and O–H groups in total. The molecule has 0 unspecified atom stereocenters. The van der Waals surface area contributed by atoms with Gasteiger partial charge in [0.05, 0.1) is 19.7 Å². The summed E-state index contributed by atoms with van der Waals surface area (Å²) in [6, 6.07) is 0. The normalized spacial score (nSPS) is 10.5. The van der Waals surface area contributed by atoms with Gasteiger partial charge in [0, 0.05) is 5.56 Å². The Morgan fingerprint density at radius 3 is 3.15 bits per heavy atom. The molecule has 1 heterocycles. The number of ether oxygens (including phenoxy) is 1. The van der Waals surface area contributed by atoms with Gasteiger partial charge in [0.1, 0.15) is 5.82 Å². The Balaban J connectivity index is 2.50. The van der Waals surface area contributed by atoms with Crippen LogP contribution >= 0.6 is 0 Å². The van der Waals surface area contributed by atoms with E-state index in [2.05, 4.69) is 14.9 Å². The van der Waals surface area contributed by atoms with E-state index in [0.29, 0.717) is 5.82 Å². The van der Waals surface area contributed by atoms with Crippen LogP contribution in [0.4, 0.5) is 5.82 Å². The van der Waals surface area contributed by atoms with Crippen molar-refractivity contribution in [1.82, 2.24) is 10.2 Å². The van der Waals surface area contributed by atoms with Crippen molar-refractivity contribution in [2.75, 3.05) is 12.8 Å². The molecule has 0 aromatic carbocycles. The third-order valence-corrected chi connectivity index (χ3v) is 1.51. The second-order valence-corrected chi connectivity index (χ2v) is 2.42. The van der Waals surface area contributed by atoms with Gasteiger partial charge < -0.3 is 10.5 Å². The first-order valence-corrected chi connectivity index (χ1v) is 3.76. The highest BCUT2D eigenvalue weighted by molar-refractivity contribution is 5.73. The van der Waals surface area contributed by atoms with Gasteiger partial charge in [-0.25, -0.2) is 0 Å². The van der Waals surface area contributed by atoms with Crippen molar-refractivity contribution in [3.8, 4) is 0 Å². The molecule has 1 rings (SSSR count). The Kier molecular flexibility index (Phi) is 3.08. The van der Waals surface area contributed by atoms with Crippen molar-refractivity contribution < 1.29 is 9.53 Å². The van der Waals surface area contributed by atoms with Gasteiger partial charge in [0.2, 0.25) is 0 Å². The van der Waals surface area contributed by atoms with E-state index in [9.17, 15) is 4.79 Å². The van der Waals surface area contributed by atoms with Gasteiger partial charge in [-0.1, -0.05) is 12.2 Å². The summed E-state index contributed by atoms with van der Waals surface area (Å²) in [5, 5.41) is 6.30. The summed E-state index contributed by atoms with van der Waals surface area (Å²) in [6.07, 6.45) is 5.22. The number of methoxy groups -OCH3 is 1. The highest BCUT2D eigenvalue weighted by Gasteiger charge is 1.97. The Labute approximate surface area is 75.6 Å². The first-order chi connectivity index (χ1) is 6.24. The first-order valence-electron chi connectivity index (χ1n) is 3.76. The molecule has 70 valence electrons. The average molecular weight is 181 g/mol. The number of H-pyrrole nitrogens is 1. The van der Waals surface area contributed by atoms with E-state index < -0.39 is 0 Å². The molecule has 0 saturated carbocycles. The lowest BCUT2D eigenvalue weighted by atomic mass is 10.2. The summed E-state index contributed by atoms with van der Waals surface area (Å²) in [5.41, 5.74) is 6.27. The van der Waals surface area contributed by atoms with E-state index in [1.807, 2.05) is 0 Å². The summed E-state index contributed by atoms with van der Waals surface area (Å²) in [6.45, 7) is 0. The van der Waals surface area contributed by atoms with Crippen molar-refractivity contribution in [3.63, 3.8) is 0 Å². The smallest absolute Gasteiger partial charge is 0.309 e. The number of aromatic nitrogens is 2. The molecule has 0 saturated heterocycles. The number of nitrogen functional groups attached to an aromatic ring is 1. The summed E-state index contributed by atoms with van der Waals surface area (Å²) >= 11 is 0. The van der Waals surface area contributed by atoms with Crippen molar-refractivity contribution >= 4 is 17.9 Å². The Hall–Kier alpha value is -1.78. The molecule has 13 heavy (non-hydrogen) atoms. The van der Waals surface area contributed by atoms with Gasteiger partial charge >= 0.3 is 5.97 Å². The van der Waals surface area contributed by atoms with Crippen molar-refractivity contribution in [2.24, 2.45) is 0 Å². The van der Waals surface area contributed by atoms with E-state index in [-0.39, 0.29) is 12.4 Å². The number of esters is 1. The average Bonchev–Trinajstić information content (AvgIpc) is 2.52. The van der Waals surface area contributed by atoms with Crippen LogP contribution in [0, 0.1) is 0 Å². The number of carbonyl (C=O) groups excluding carboxylic acids is 1. The number of nitrogens with two attached hydrogens (primary N) is 1. The number of aromatic amines is 1. The fraction of sp³-hybridized carbons (Fsp3) is 0.250. The number of rotatable bonds is 3. The SMILES string of the molecule is COC(=O)CC=Cc1cn[nH]c1N. The predicted molar refractivity (Wildman–Crippen MR) is 48.7 cm³/mol. The summed E-state index contributed by atoms with van der Waals surface area (Å²) in [4.78, 5) is 10.7. The molecule has 0 fully saturated rings. The van der Waals surface area contributed by atoms with E-state index in [4.69, 9.17) is 5.73 Å². The summed E-state index contributed by atoms with van der Waals surface area (Å²) < 4.78 is 4.45. The number of hydrogen-bond acceptors (Lipinski definition) is 4. The summed E-state index contributed by atoms with van der Waals surface area (Å²) in [7, 11) is 1.35. The molecule has 0 atom stereocenters. The van der Waals surface area contributed by atoms with Crippen molar-refractivity contribution in [3.05, 3.63) is 17.8 Å². The Morgan fingerprint density at radius 1 is 1.85 bits per heavy atom. The minimum atomic E-state index is -0.279. The minimum Gasteiger partial charge on any atom is -0.469 e. The molecule has 0 aliphatic heterocycles. The van der Waals surface area contributed by atoms with Crippen LogP contribution in [-0.4, -0.2) is 23.3 Å². The molecule has 1 aromatic rings. The topological polar surface area (TPSA) is 81.0 Å². The fourth-order valence-corrected chi connectivity index (χ4v) is 0.804. The number of anilines is 1. The molecular weight excluding hydrogens is 170 g/mol. The predicted octanol–water partition coefficient (Wildman–Crippen LogP) is 0.568. The van der Waals surface area contributed by atoms with Crippen LogP contribution in [-0.2, 0) is 9.53 Å². The molecular formula is C8H11N3O2. The molecule has 0 bridgehead atoms. The maximum Gasteiger partial charge on any atom is 0.309 e. The lowest BCUT2D eigenvalue weighted by molar-refractivity contribution is -0.139. The minimum absolute atomic E-state index is 0.237. The van der Waals surface area contributed by atoms with E-state index >= 15 is 0 Å². The van der Waals surface area contributed by atoms with Crippen LogP contribution in [0.2, 0.25) is 0 Å².